The molecule has 1 heterocycles. The molecule has 6 nitrogen and oxygen atoms in total. The predicted octanol–water partition coefficient (Wildman–Crippen LogP) is 1.51. The molecule has 1 aromatic rings. The van der Waals surface area contributed by atoms with Crippen molar-refractivity contribution in [2.75, 3.05) is 18.9 Å². The molecule has 7 heteroatoms. The van der Waals surface area contributed by atoms with Crippen molar-refractivity contribution in [1.29, 1.82) is 0 Å². The number of anilines is 1. The fourth-order valence-corrected chi connectivity index (χ4v) is 3.84. The first-order valence-corrected chi connectivity index (χ1v) is 8.58. The molecule has 118 valence electrons. The molecule has 0 radical (unpaired) electrons. The predicted molar refractivity (Wildman–Crippen MR) is 80.8 cm³/mol. The molecule has 0 bridgehead atoms. The number of benzene rings is 1. The van der Waals surface area contributed by atoms with Gasteiger partial charge in [-0.2, -0.15) is 0 Å². The lowest BCUT2D eigenvalue weighted by Gasteiger charge is -2.21. The van der Waals surface area contributed by atoms with Crippen LogP contribution in [-0.2, 0) is 14.8 Å². The third-order valence-electron chi connectivity index (χ3n) is 3.42. The van der Waals surface area contributed by atoms with E-state index < -0.39 is 10.0 Å². The van der Waals surface area contributed by atoms with E-state index in [0.29, 0.717) is 24.7 Å². The van der Waals surface area contributed by atoms with Gasteiger partial charge in [-0.3, -0.25) is 0 Å². The zero-order valence-corrected chi connectivity index (χ0v) is 13.2. The van der Waals surface area contributed by atoms with Gasteiger partial charge in [0.25, 0.3) is 0 Å². The van der Waals surface area contributed by atoms with Crippen molar-refractivity contribution >= 4 is 15.7 Å². The van der Waals surface area contributed by atoms with Crippen LogP contribution >= 0.6 is 0 Å². The summed E-state index contributed by atoms with van der Waals surface area (Å²) in [6.07, 6.45) is 1.73. The molecule has 0 amide bonds. The highest BCUT2D eigenvalue weighted by molar-refractivity contribution is 7.89. The zero-order valence-electron chi connectivity index (χ0n) is 12.3. The molecule has 2 atom stereocenters. The van der Waals surface area contributed by atoms with Crippen molar-refractivity contribution in [2.24, 2.45) is 0 Å². The lowest BCUT2D eigenvalue weighted by Crippen LogP contribution is -2.40. The third-order valence-corrected chi connectivity index (χ3v) is 5.00. The molecule has 0 aromatic heterocycles. The largest absolute Gasteiger partial charge is 0.492 e. The van der Waals surface area contributed by atoms with Crippen molar-refractivity contribution < 1.29 is 17.9 Å². The van der Waals surface area contributed by atoms with Gasteiger partial charge in [0.05, 0.1) is 12.7 Å². The topological polar surface area (TPSA) is 90.7 Å². The Bertz CT molecular complexity index is 583. The van der Waals surface area contributed by atoms with Crippen molar-refractivity contribution in [1.82, 2.24) is 4.72 Å². The van der Waals surface area contributed by atoms with Crippen LogP contribution in [-0.4, -0.2) is 33.8 Å². The standard InChI is InChI=1S/C14H22N2O4S/c1-3-19-13-7-6-11(15)9-14(13)21(17,18)16-10(2)12-5-4-8-20-12/h6-7,9-10,12,16H,3-5,8,15H2,1-2H3. The summed E-state index contributed by atoms with van der Waals surface area (Å²) in [6.45, 7) is 4.67. The van der Waals surface area contributed by atoms with Gasteiger partial charge in [0.1, 0.15) is 10.6 Å². The maximum atomic E-state index is 12.5. The van der Waals surface area contributed by atoms with Gasteiger partial charge in [0.2, 0.25) is 10.0 Å². The number of sulfonamides is 1. The van der Waals surface area contributed by atoms with Gasteiger partial charge < -0.3 is 15.2 Å². The Kier molecular flexibility index (Phi) is 5.08. The number of rotatable bonds is 6. The van der Waals surface area contributed by atoms with Crippen LogP contribution < -0.4 is 15.2 Å². The van der Waals surface area contributed by atoms with E-state index in [-0.39, 0.29) is 17.0 Å². The van der Waals surface area contributed by atoms with Gasteiger partial charge >= 0.3 is 0 Å². The second kappa shape index (κ2) is 6.64. The number of hydrogen-bond acceptors (Lipinski definition) is 5. The second-order valence-corrected chi connectivity index (χ2v) is 6.78. The van der Waals surface area contributed by atoms with Gasteiger partial charge in [0, 0.05) is 18.3 Å². The van der Waals surface area contributed by atoms with E-state index in [1.54, 1.807) is 26.0 Å². The van der Waals surface area contributed by atoms with Crippen LogP contribution in [0.1, 0.15) is 26.7 Å². The second-order valence-electron chi connectivity index (χ2n) is 5.10. The summed E-state index contributed by atoms with van der Waals surface area (Å²) in [4.78, 5) is 0.0641. The molecule has 1 saturated heterocycles. The molecule has 1 aliphatic heterocycles. The van der Waals surface area contributed by atoms with Crippen LogP contribution in [0.2, 0.25) is 0 Å². The Morgan fingerprint density at radius 1 is 1.52 bits per heavy atom. The number of hydrogen-bond donors (Lipinski definition) is 2. The summed E-state index contributed by atoms with van der Waals surface area (Å²) in [5, 5.41) is 0. The number of nitrogens with two attached hydrogens (primary N) is 1. The van der Waals surface area contributed by atoms with E-state index in [1.165, 1.54) is 6.07 Å². The number of ether oxygens (including phenoxy) is 2. The Morgan fingerprint density at radius 3 is 2.90 bits per heavy atom. The summed E-state index contributed by atoms with van der Waals surface area (Å²) in [5.41, 5.74) is 6.08. The minimum atomic E-state index is -3.71. The molecular weight excluding hydrogens is 292 g/mol. The quantitative estimate of drug-likeness (QED) is 0.777. The highest BCUT2D eigenvalue weighted by Gasteiger charge is 2.28. The molecule has 0 saturated carbocycles. The van der Waals surface area contributed by atoms with Crippen LogP contribution in [0, 0.1) is 0 Å². The van der Waals surface area contributed by atoms with Crippen LogP contribution in [0.5, 0.6) is 5.75 Å². The van der Waals surface area contributed by atoms with Gasteiger partial charge in [-0.1, -0.05) is 0 Å². The Hall–Kier alpha value is -1.31. The summed E-state index contributed by atoms with van der Waals surface area (Å²) in [7, 11) is -3.71. The lowest BCUT2D eigenvalue weighted by molar-refractivity contribution is 0.0902. The number of nitrogens with one attached hydrogen (secondary N) is 1. The summed E-state index contributed by atoms with van der Waals surface area (Å²) in [5.74, 6) is 0.304. The molecule has 1 aliphatic rings. The van der Waals surface area contributed by atoms with Crippen molar-refractivity contribution in [2.45, 2.75) is 43.7 Å². The van der Waals surface area contributed by atoms with E-state index in [2.05, 4.69) is 4.72 Å². The third kappa shape index (κ3) is 3.87. The molecule has 2 unspecified atom stereocenters. The van der Waals surface area contributed by atoms with Crippen LogP contribution in [0.4, 0.5) is 5.69 Å². The summed E-state index contributed by atoms with van der Waals surface area (Å²) < 4.78 is 38.6. The van der Waals surface area contributed by atoms with Crippen molar-refractivity contribution in [3.05, 3.63) is 18.2 Å². The maximum absolute atomic E-state index is 12.5. The monoisotopic (exact) mass is 314 g/mol. The molecule has 1 aromatic carbocycles. The minimum Gasteiger partial charge on any atom is -0.492 e. The first kappa shape index (κ1) is 16.1. The van der Waals surface area contributed by atoms with Gasteiger partial charge in [-0.15, -0.1) is 0 Å². The lowest BCUT2D eigenvalue weighted by atomic mass is 10.1. The summed E-state index contributed by atoms with van der Waals surface area (Å²) in [6, 6.07) is 4.31. The molecule has 0 spiro atoms. The fraction of sp³-hybridized carbons (Fsp3) is 0.571. The first-order valence-electron chi connectivity index (χ1n) is 7.10. The minimum absolute atomic E-state index is 0.0641. The SMILES string of the molecule is CCOc1ccc(N)cc1S(=O)(=O)NC(C)C1CCCO1. The van der Waals surface area contributed by atoms with Crippen LogP contribution in [0.3, 0.4) is 0 Å². The van der Waals surface area contributed by atoms with E-state index in [0.717, 1.165) is 12.8 Å². The molecule has 2 rings (SSSR count). The summed E-state index contributed by atoms with van der Waals surface area (Å²) >= 11 is 0. The van der Waals surface area contributed by atoms with Gasteiger partial charge in [-0.05, 0) is 44.9 Å². The van der Waals surface area contributed by atoms with E-state index in [1.807, 2.05) is 0 Å². The zero-order chi connectivity index (χ0) is 15.5. The first-order chi connectivity index (χ1) is 9.94. The Labute approximate surface area is 125 Å². The molecule has 21 heavy (non-hydrogen) atoms. The Morgan fingerprint density at radius 2 is 2.29 bits per heavy atom. The van der Waals surface area contributed by atoms with Crippen LogP contribution in [0.25, 0.3) is 0 Å². The van der Waals surface area contributed by atoms with E-state index in [9.17, 15) is 8.42 Å². The van der Waals surface area contributed by atoms with Gasteiger partial charge in [-0.25, -0.2) is 13.1 Å². The number of nitrogen functional groups attached to an aromatic ring is 1. The highest BCUT2D eigenvalue weighted by atomic mass is 32.2. The maximum Gasteiger partial charge on any atom is 0.244 e. The van der Waals surface area contributed by atoms with Crippen molar-refractivity contribution in [3.8, 4) is 5.75 Å². The van der Waals surface area contributed by atoms with E-state index >= 15 is 0 Å². The van der Waals surface area contributed by atoms with Gasteiger partial charge in [0.15, 0.2) is 0 Å². The molecule has 1 fully saturated rings. The van der Waals surface area contributed by atoms with E-state index in [4.69, 9.17) is 15.2 Å². The Balaban J connectivity index is 2.23. The molecule has 3 N–H and O–H groups in total. The normalized spacial score (nSPS) is 20.4. The average molecular weight is 314 g/mol. The van der Waals surface area contributed by atoms with Crippen molar-refractivity contribution in [3.63, 3.8) is 0 Å². The fourth-order valence-electron chi connectivity index (χ4n) is 2.39. The molecule has 0 aliphatic carbocycles. The molecular formula is C14H22N2O4S. The smallest absolute Gasteiger partial charge is 0.244 e. The average Bonchev–Trinajstić information content (AvgIpc) is 2.94. The highest BCUT2D eigenvalue weighted by Crippen LogP contribution is 2.27. The van der Waals surface area contributed by atoms with Crippen LogP contribution in [0.15, 0.2) is 23.1 Å².